The maximum absolute atomic E-state index is 6.40. The molecule has 210 valence electrons. The monoisotopic (exact) mass is 604 g/mol. The summed E-state index contributed by atoms with van der Waals surface area (Å²) in [4.78, 5) is 2.34. The number of aromatic nitrogens is 1. The van der Waals surface area contributed by atoms with Gasteiger partial charge in [-0.25, -0.2) is 0 Å². The lowest BCUT2D eigenvalue weighted by Gasteiger charge is -2.27. The van der Waals surface area contributed by atoms with Crippen molar-refractivity contribution >= 4 is 72.8 Å². The standard InChI is InChI=1S/C40H26Cl2N2/c41-31-22-30(23-32(42)26-31)29-12-8-15-34(25-29)43(33-13-2-1-3-14-33)38-18-9-19-39-40(38)36-16-6-7-17-37(36)44(39)35-21-20-27-10-4-5-11-28(27)24-35/h1-26H. The van der Waals surface area contributed by atoms with Crippen LogP contribution in [0.4, 0.5) is 17.1 Å². The first-order valence-corrected chi connectivity index (χ1v) is 15.3. The van der Waals surface area contributed by atoms with Gasteiger partial charge in [0.15, 0.2) is 0 Å². The molecule has 0 aliphatic rings. The van der Waals surface area contributed by atoms with Crippen molar-refractivity contribution in [3.63, 3.8) is 0 Å². The first-order valence-electron chi connectivity index (χ1n) is 14.6. The van der Waals surface area contributed by atoms with Gasteiger partial charge in [-0.2, -0.15) is 0 Å². The average Bonchev–Trinajstić information content (AvgIpc) is 3.40. The van der Waals surface area contributed by atoms with E-state index in [2.05, 4.69) is 149 Å². The summed E-state index contributed by atoms with van der Waals surface area (Å²) in [7, 11) is 0. The number of fused-ring (bicyclic) bond motifs is 4. The lowest BCUT2D eigenvalue weighted by molar-refractivity contribution is 1.18. The van der Waals surface area contributed by atoms with E-state index in [0.717, 1.165) is 39.4 Å². The molecule has 0 unspecified atom stereocenters. The van der Waals surface area contributed by atoms with Gasteiger partial charge in [0.2, 0.25) is 0 Å². The highest BCUT2D eigenvalue weighted by molar-refractivity contribution is 6.35. The van der Waals surface area contributed by atoms with Crippen molar-refractivity contribution in [3.8, 4) is 16.8 Å². The third-order valence-corrected chi connectivity index (χ3v) is 8.66. The number of hydrogen-bond acceptors (Lipinski definition) is 1. The van der Waals surface area contributed by atoms with Crippen LogP contribution in [0.3, 0.4) is 0 Å². The summed E-state index contributed by atoms with van der Waals surface area (Å²) in [6.07, 6.45) is 0. The van der Waals surface area contributed by atoms with E-state index in [9.17, 15) is 0 Å². The molecule has 0 N–H and O–H groups in total. The fourth-order valence-corrected chi connectivity index (χ4v) is 6.86. The van der Waals surface area contributed by atoms with E-state index in [-0.39, 0.29) is 0 Å². The average molecular weight is 606 g/mol. The molecule has 44 heavy (non-hydrogen) atoms. The maximum Gasteiger partial charge on any atom is 0.0562 e. The zero-order valence-corrected chi connectivity index (χ0v) is 25.2. The highest BCUT2D eigenvalue weighted by Crippen LogP contribution is 2.44. The molecule has 2 nitrogen and oxygen atoms in total. The minimum Gasteiger partial charge on any atom is -0.310 e. The zero-order valence-electron chi connectivity index (χ0n) is 23.7. The number of benzene rings is 7. The molecule has 4 heteroatoms. The van der Waals surface area contributed by atoms with Gasteiger partial charge in [0.25, 0.3) is 0 Å². The normalized spacial score (nSPS) is 11.4. The predicted molar refractivity (Wildman–Crippen MR) is 188 cm³/mol. The molecule has 8 rings (SSSR count). The first kappa shape index (κ1) is 26.6. The van der Waals surface area contributed by atoms with Crippen molar-refractivity contribution in [2.24, 2.45) is 0 Å². The molecule has 0 amide bonds. The lowest BCUT2D eigenvalue weighted by atomic mass is 10.0. The summed E-state index contributed by atoms with van der Waals surface area (Å²) in [6.45, 7) is 0. The molecule has 0 aliphatic carbocycles. The Morgan fingerprint density at radius 3 is 1.98 bits per heavy atom. The Balaban J connectivity index is 1.39. The third-order valence-electron chi connectivity index (χ3n) is 8.22. The molecular formula is C40H26Cl2N2. The fraction of sp³-hybridized carbons (Fsp3) is 0. The number of nitrogens with zero attached hydrogens (tertiary/aromatic N) is 2. The summed E-state index contributed by atoms with van der Waals surface area (Å²) in [6, 6.07) is 55.3. The lowest BCUT2D eigenvalue weighted by Crippen LogP contribution is -2.10. The van der Waals surface area contributed by atoms with Crippen LogP contribution in [0.15, 0.2) is 158 Å². The van der Waals surface area contributed by atoms with Crippen LogP contribution in [-0.2, 0) is 0 Å². The Labute approximate surface area is 265 Å². The largest absolute Gasteiger partial charge is 0.310 e. The van der Waals surface area contributed by atoms with Crippen LogP contribution in [0.5, 0.6) is 0 Å². The van der Waals surface area contributed by atoms with Gasteiger partial charge >= 0.3 is 0 Å². The fourth-order valence-electron chi connectivity index (χ4n) is 6.33. The first-order chi connectivity index (χ1) is 21.6. The SMILES string of the molecule is Clc1cc(Cl)cc(-c2cccc(N(c3ccccc3)c3cccc4c3c3ccccc3n4-c3ccc4ccccc4c3)c2)c1. The van der Waals surface area contributed by atoms with Crippen molar-refractivity contribution in [2.75, 3.05) is 4.90 Å². The van der Waals surface area contributed by atoms with E-state index in [1.807, 2.05) is 12.1 Å². The Kier molecular flexibility index (Phi) is 6.60. The molecule has 8 aromatic rings. The van der Waals surface area contributed by atoms with E-state index >= 15 is 0 Å². The van der Waals surface area contributed by atoms with E-state index in [0.29, 0.717) is 10.0 Å². The summed E-state index contributed by atoms with van der Waals surface area (Å²) in [5.41, 5.74) is 8.69. The van der Waals surface area contributed by atoms with Crippen molar-refractivity contribution in [3.05, 3.63) is 168 Å². The molecule has 0 fully saturated rings. The van der Waals surface area contributed by atoms with Gasteiger partial charge in [0.1, 0.15) is 0 Å². The quantitative estimate of drug-likeness (QED) is 0.189. The smallest absolute Gasteiger partial charge is 0.0562 e. The van der Waals surface area contributed by atoms with Gasteiger partial charge in [0.05, 0.1) is 16.7 Å². The minimum absolute atomic E-state index is 0.615. The molecule has 0 saturated heterocycles. The van der Waals surface area contributed by atoms with Crippen LogP contribution in [0.1, 0.15) is 0 Å². The van der Waals surface area contributed by atoms with Crippen molar-refractivity contribution in [1.82, 2.24) is 4.57 Å². The molecule has 0 spiro atoms. The predicted octanol–water partition coefficient (Wildman–Crippen LogP) is 12.4. The van der Waals surface area contributed by atoms with Crippen LogP contribution in [0.2, 0.25) is 10.0 Å². The van der Waals surface area contributed by atoms with Gasteiger partial charge in [-0.1, -0.05) is 108 Å². The summed E-state index contributed by atoms with van der Waals surface area (Å²) >= 11 is 12.8. The van der Waals surface area contributed by atoms with Crippen LogP contribution in [0, 0.1) is 0 Å². The van der Waals surface area contributed by atoms with E-state index in [1.54, 1.807) is 6.07 Å². The molecule has 0 bridgehead atoms. The molecule has 0 aliphatic heterocycles. The topological polar surface area (TPSA) is 8.17 Å². The second-order valence-corrected chi connectivity index (χ2v) is 11.8. The van der Waals surface area contributed by atoms with Gasteiger partial charge in [0, 0.05) is 37.9 Å². The van der Waals surface area contributed by atoms with Gasteiger partial charge in [-0.15, -0.1) is 0 Å². The molecule has 1 aromatic heterocycles. The van der Waals surface area contributed by atoms with Crippen molar-refractivity contribution in [2.45, 2.75) is 0 Å². The zero-order chi connectivity index (χ0) is 29.6. The molecular weight excluding hydrogens is 579 g/mol. The van der Waals surface area contributed by atoms with Crippen LogP contribution >= 0.6 is 23.2 Å². The highest BCUT2D eigenvalue weighted by Gasteiger charge is 2.21. The number of anilines is 3. The second kappa shape index (κ2) is 10.9. The highest BCUT2D eigenvalue weighted by atomic mass is 35.5. The van der Waals surface area contributed by atoms with Crippen molar-refractivity contribution in [1.29, 1.82) is 0 Å². The number of para-hydroxylation sites is 2. The Morgan fingerprint density at radius 2 is 1.14 bits per heavy atom. The van der Waals surface area contributed by atoms with E-state index in [4.69, 9.17) is 23.2 Å². The van der Waals surface area contributed by atoms with Crippen molar-refractivity contribution < 1.29 is 0 Å². The molecule has 0 saturated carbocycles. The number of halogens is 2. The minimum atomic E-state index is 0.615. The molecule has 0 atom stereocenters. The van der Waals surface area contributed by atoms with Crippen LogP contribution < -0.4 is 4.90 Å². The second-order valence-electron chi connectivity index (χ2n) is 10.9. The van der Waals surface area contributed by atoms with Gasteiger partial charge < -0.3 is 9.47 Å². The molecule has 1 heterocycles. The molecule has 7 aromatic carbocycles. The van der Waals surface area contributed by atoms with Gasteiger partial charge in [-0.3, -0.25) is 0 Å². The Bertz CT molecular complexity index is 2300. The maximum atomic E-state index is 6.40. The summed E-state index contributed by atoms with van der Waals surface area (Å²) in [5, 5.41) is 6.07. The van der Waals surface area contributed by atoms with E-state index in [1.165, 1.54) is 27.1 Å². The molecule has 0 radical (unpaired) electrons. The van der Waals surface area contributed by atoms with Gasteiger partial charge in [-0.05, 0) is 94.7 Å². The van der Waals surface area contributed by atoms with E-state index < -0.39 is 0 Å². The summed E-state index contributed by atoms with van der Waals surface area (Å²) in [5.74, 6) is 0. The Hall–Kier alpha value is -5.02. The summed E-state index contributed by atoms with van der Waals surface area (Å²) < 4.78 is 2.38. The number of hydrogen-bond donors (Lipinski definition) is 0. The van der Waals surface area contributed by atoms with Crippen LogP contribution in [0.25, 0.3) is 49.4 Å². The van der Waals surface area contributed by atoms with Crippen LogP contribution in [-0.4, -0.2) is 4.57 Å². The number of rotatable bonds is 5. The Morgan fingerprint density at radius 1 is 0.455 bits per heavy atom. The third kappa shape index (κ3) is 4.60.